The zero-order valence-electron chi connectivity index (χ0n) is 21.0. The highest BCUT2D eigenvalue weighted by Gasteiger charge is 2.16. The molecule has 0 aliphatic rings. The number of aromatic amines is 1. The van der Waals surface area contributed by atoms with Crippen LogP contribution < -0.4 is 25.1 Å². The smallest absolute Gasteiger partial charge is 0.262 e. The van der Waals surface area contributed by atoms with Gasteiger partial charge in [-0.2, -0.15) is 0 Å². The van der Waals surface area contributed by atoms with E-state index in [4.69, 9.17) is 19.2 Å². The van der Waals surface area contributed by atoms with Gasteiger partial charge in [0.1, 0.15) is 40.6 Å². The average molecular weight is 507 g/mol. The molecule has 188 valence electrons. The molecule has 0 amide bonds. The van der Waals surface area contributed by atoms with Gasteiger partial charge in [-0.15, -0.1) is 11.8 Å². The summed E-state index contributed by atoms with van der Waals surface area (Å²) in [4.78, 5) is 26.6. The van der Waals surface area contributed by atoms with Crippen LogP contribution in [0, 0.1) is 0 Å². The third kappa shape index (κ3) is 5.63. The number of methoxy groups -OCH3 is 2. The quantitative estimate of drug-likeness (QED) is 0.235. The van der Waals surface area contributed by atoms with Crippen LogP contribution >= 0.6 is 11.8 Å². The molecule has 36 heavy (non-hydrogen) atoms. The molecule has 2 heterocycles. The van der Waals surface area contributed by atoms with E-state index >= 15 is 0 Å². The first-order chi connectivity index (χ1) is 17.4. The Balaban J connectivity index is 1.79. The minimum absolute atomic E-state index is 0.317. The van der Waals surface area contributed by atoms with E-state index in [1.165, 1.54) is 7.11 Å². The van der Waals surface area contributed by atoms with Crippen LogP contribution in [0.15, 0.2) is 58.2 Å². The third-order valence-corrected chi connectivity index (χ3v) is 6.32. The molecule has 2 aromatic carbocycles. The molecule has 0 saturated carbocycles. The van der Waals surface area contributed by atoms with Crippen LogP contribution in [-0.4, -0.2) is 54.6 Å². The van der Waals surface area contributed by atoms with Gasteiger partial charge in [-0.1, -0.05) is 26.0 Å². The lowest BCUT2D eigenvalue weighted by atomic mass is 10.1. The van der Waals surface area contributed by atoms with E-state index in [2.05, 4.69) is 29.1 Å². The predicted molar refractivity (Wildman–Crippen MR) is 145 cm³/mol. The normalized spacial score (nSPS) is 11.2. The molecule has 2 N–H and O–H groups in total. The molecule has 0 bridgehead atoms. The summed E-state index contributed by atoms with van der Waals surface area (Å²) in [5, 5.41) is 3.70. The number of nitrogens with one attached hydrogen (secondary N) is 2. The molecule has 0 spiro atoms. The number of aromatic nitrogens is 3. The molecule has 0 aliphatic heterocycles. The van der Waals surface area contributed by atoms with Crippen LogP contribution in [-0.2, 0) is 0 Å². The van der Waals surface area contributed by atoms with Crippen molar-refractivity contribution in [3.8, 4) is 40.0 Å². The van der Waals surface area contributed by atoms with Gasteiger partial charge >= 0.3 is 0 Å². The highest BCUT2D eigenvalue weighted by molar-refractivity contribution is 7.98. The van der Waals surface area contributed by atoms with E-state index in [1.54, 1.807) is 37.1 Å². The van der Waals surface area contributed by atoms with Gasteiger partial charge in [0.05, 0.1) is 19.7 Å². The maximum absolute atomic E-state index is 13.0. The Hall–Kier alpha value is -3.56. The summed E-state index contributed by atoms with van der Waals surface area (Å²) in [6, 6.07) is 15.5. The lowest BCUT2D eigenvalue weighted by Gasteiger charge is -2.14. The van der Waals surface area contributed by atoms with Gasteiger partial charge in [0.15, 0.2) is 5.82 Å². The second-order valence-corrected chi connectivity index (χ2v) is 9.25. The molecule has 0 unspecified atom stereocenters. The van der Waals surface area contributed by atoms with Crippen molar-refractivity contribution < 1.29 is 14.2 Å². The highest BCUT2D eigenvalue weighted by atomic mass is 32.2. The van der Waals surface area contributed by atoms with Crippen LogP contribution in [0.1, 0.15) is 13.8 Å². The molecule has 0 fully saturated rings. The minimum atomic E-state index is -0.317. The van der Waals surface area contributed by atoms with E-state index in [0.717, 1.165) is 10.5 Å². The number of fused-ring (bicyclic) bond motifs is 1. The van der Waals surface area contributed by atoms with Crippen molar-refractivity contribution in [2.75, 3.05) is 33.6 Å². The molecule has 9 heteroatoms. The van der Waals surface area contributed by atoms with Crippen LogP contribution in [0.4, 0.5) is 0 Å². The fourth-order valence-electron chi connectivity index (χ4n) is 3.77. The maximum Gasteiger partial charge on any atom is 0.262 e. The number of rotatable bonds is 10. The summed E-state index contributed by atoms with van der Waals surface area (Å²) in [6.45, 7) is 5.41. The molecular formula is C27H30N4O4S. The molecule has 8 nitrogen and oxygen atoms in total. The minimum Gasteiger partial charge on any atom is -0.497 e. The lowest BCUT2D eigenvalue weighted by molar-refractivity contribution is 0.309. The number of hydrogen-bond acceptors (Lipinski definition) is 8. The van der Waals surface area contributed by atoms with E-state index in [1.807, 2.05) is 36.6 Å². The Morgan fingerprint density at radius 1 is 1.00 bits per heavy atom. The van der Waals surface area contributed by atoms with E-state index in [9.17, 15) is 4.79 Å². The zero-order valence-corrected chi connectivity index (χ0v) is 21.9. The van der Waals surface area contributed by atoms with Crippen molar-refractivity contribution in [3.05, 3.63) is 58.9 Å². The topological polar surface area (TPSA) is 98.4 Å². The van der Waals surface area contributed by atoms with E-state index in [-0.39, 0.29) is 5.56 Å². The zero-order chi connectivity index (χ0) is 25.7. The van der Waals surface area contributed by atoms with Gasteiger partial charge in [-0.3, -0.25) is 4.79 Å². The first-order valence-corrected chi connectivity index (χ1v) is 12.8. The van der Waals surface area contributed by atoms with Gasteiger partial charge in [0.2, 0.25) is 0 Å². The summed E-state index contributed by atoms with van der Waals surface area (Å²) < 4.78 is 16.8. The van der Waals surface area contributed by atoms with Gasteiger partial charge in [-0.05, 0) is 30.5 Å². The Labute approximate surface area is 214 Å². The van der Waals surface area contributed by atoms with Crippen molar-refractivity contribution >= 4 is 22.7 Å². The summed E-state index contributed by atoms with van der Waals surface area (Å²) >= 11 is 1.67. The number of thioether (sulfide) groups is 1. The molecule has 0 radical (unpaired) electrons. The van der Waals surface area contributed by atoms with Gasteiger partial charge in [-0.25, -0.2) is 9.97 Å². The molecule has 4 aromatic rings. The number of pyridine rings is 1. The largest absolute Gasteiger partial charge is 0.497 e. The van der Waals surface area contributed by atoms with Crippen molar-refractivity contribution in [1.82, 2.24) is 20.3 Å². The van der Waals surface area contributed by atoms with Gasteiger partial charge < -0.3 is 24.5 Å². The predicted octanol–water partition coefficient (Wildman–Crippen LogP) is 4.77. The molecule has 0 aliphatic carbocycles. The first kappa shape index (κ1) is 25.5. The summed E-state index contributed by atoms with van der Waals surface area (Å²) in [7, 11) is 3.06. The third-order valence-electron chi connectivity index (χ3n) is 5.58. The van der Waals surface area contributed by atoms with Gasteiger partial charge in [0, 0.05) is 35.2 Å². The molecule has 2 aromatic heterocycles. The lowest BCUT2D eigenvalue weighted by Crippen LogP contribution is -2.27. The van der Waals surface area contributed by atoms with Crippen molar-refractivity contribution in [3.63, 3.8) is 0 Å². The Morgan fingerprint density at radius 3 is 2.44 bits per heavy atom. The SMILES string of the molecule is COc1cc(OC)c2c(=O)[nH]c(-c3ccc(OCCNC(C)C)c(-c4ccc(SC)cc4)n3)nc2c1. The van der Waals surface area contributed by atoms with E-state index in [0.29, 0.717) is 64.6 Å². The maximum atomic E-state index is 13.0. The molecular weight excluding hydrogens is 476 g/mol. The monoisotopic (exact) mass is 506 g/mol. The highest BCUT2D eigenvalue weighted by Crippen LogP contribution is 2.33. The Kier molecular flexibility index (Phi) is 8.12. The number of ether oxygens (including phenoxy) is 3. The Bertz CT molecular complexity index is 1400. The van der Waals surface area contributed by atoms with Crippen LogP contribution in [0.2, 0.25) is 0 Å². The van der Waals surface area contributed by atoms with Gasteiger partial charge in [0.25, 0.3) is 5.56 Å². The number of benzene rings is 2. The number of nitrogens with zero attached hydrogens (tertiary/aromatic N) is 2. The summed E-state index contributed by atoms with van der Waals surface area (Å²) in [5.74, 6) is 1.95. The van der Waals surface area contributed by atoms with Crippen LogP contribution in [0.5, 0.6) is 17.2 Å². The van der Waals surface area contributed by atoms with Crippen molar-refractivity contribution in [2.45, 2.75) is 24.8 Å². The second-order valence-electron chi connectivity index (χ2n) is 8.37. The second kappa shape index (κ2) is 11.5. The first-order valence-electron chi connectivity index (χ1n) is 11.6. The van der Waals surface area contributed by atoms with Crippen molar-refractivity contribution in [1.29, 1.82) is 0 Å². The van der Waals surface area contributed by atoms with E-state index < -0.39 is 0 Å². The molecule has 0 atom stereocenters. The average Bonchev–Trinajstić information content (AvgIpc) is 2.90. The summed E-state index contributed by atoms with van der Waals surface area (Å²) in [5.41, 5.74) is 2.25. The standard InChI is InChI=1S/C27H30N4O4S/c1-16(2)28-12-13-35-22-11-10-20(29-25(22)17-6-8-19(36-5)9-7-17)26-30-21-14-18(33-3)15-23(34-4)24(21)27(32)31-26/h6-11,14-16,28H,12-13H2,1-5H3,(H,30,31,32). The fraction of sp³-hybridized carbons (Fsp3) is 0.296. The molecule has 4 rings (SSSR count). The summed E-state index contributed by atoms with van der Waals surface area (Å²) in [6.07, 6.45) is 2.04. The van der Waals surface area contributed by atoms with Crippen LogP contribution in [0.25, 0.3) is 33.7 Å². The fourth-order valence-corrected chi connectivity index (χ4v) is 4.18. The molecule has 0 saturated heterocycles. The number of H-pyrrole nitrogens is 1. The number of hydrogen-bond donors (Lipinski definition) is 2. The Morgan fingerprint density at radius 2 is 1.78 bits per heavy atom. The van der Waals surface area contributed by atoms with Crippen molar-refractivity contribution in [2.24, 2.45) is 0 Å². The van der Waals surface area contributed by atoms with Crippen LogP contribution in [0.3, 0.4) is 0 Å².